The van der Waals surface area contributed by atoms with Gasteiger partial charge in [0.25, 0.3) is 0 Å². The molecule has 4 rings (SSSR count). The number of benzene rings is 2. The van der Waals surface area contributed by atoms with Crippen LogP contribution in [0.1, 0.15) is 0 Å². The maximum Gasteiger partial charge on any atom is 0.237 e. The van der Waals surface area contributed by atoms with Crippen molar-refractivity contribution < 1.29 is 22.7 Å². The quantitative estimate of drug-likeness (QED) is 0.748. The van der Waals surface area contributed by atoms with Gasteiger partial charge in [0.1, 0.15) is 13.2 Å². The topological polar surface area (TPSA) is 72.9 Å². The molecular weight excluding hydrogens is 374 g/mol. The second-order valence-corrected chi connectivity index (χ2v) is 9.05. The molecule has 1 amide bonds. The summed E-state index contributed by atoms with van der Waals surface area (Å²) in [5, 5.41) is 0. The standard InChI is InChI=1S/C18H17NO5S2/c20-18(12-25-13-5-6-15-16(11-13)24-9-8-23-15)19-7-10-26(21,22)17-4-2-1-3-14(17)19/h1-6,11H,7-10,12H2. The number of hydrogen-bond acceptors (Lipinski definition) is 6. The molecule has 2 aromatic rings. The van der Waals surface area contributed by atoms with Crippen LogP contribution in [0.25, 0.3) is 0 Å². The summed E-state index contributed by atoms with van der Waals surface area (Å²) in [6, 6.07) is 12.2. The highest BCUT2D eigenvalue weighted by molar-refractivity contribution is 8.00. The Morgan fingerprint density at radius 3 is 2.69 bits per heavy atom. The minimum Gasteiger partial charge on any atom is -0.486 e. The number of nitrogens with zero attached hydrogens (tertiary/aromatic N) is 1. The van der Waals surface area contributed by atoms with Crippen molar-refractivity contribution in [3.05, 3.63) is 42.5 Å². The van der Waals surface area contributed by atoms with Gasteiger partial charge in [0.05, 0.1) is 22.1 Å². The number of thioether (sulfide) groups is 1. The zero-order chi connectivity index (χ0) is 18.1. The molecule has 2 aliphatic rings. The Kier molecular flexibility index (Phi) is 4.54. The number of hydrogen-bond donors (Lipinski definition) is 0. The molecule has 0 radical (unpaired) electrons. The fraction of sp³-hybridized carbons (Fsp3) is 0.278. The number of carbonyl (C=O) groups excluding carboxylic acids is 1. The molecule has 136 valence electrons. The van der Waals surface area contributed by atoms with Gasteiger partial charge in [-0.15, -0.1) is 11.8 Å². The first kappa shape index (κ1) is 17.2. The first-order chi connectivity index (χ1) is 12.5. The summed E-state index contributed by atoms with van der Waals surface area (Å²) < 4.78 is 35.4. The summed E-state index contributed by atoms with van der Waals surface area (Å²) in [4.78, 5) is 15.4. The third kappa shape index (κ3) is 3.26. The van der Waals surface area contributed by atoms with Gasteiger partial charge in [-0.25, -0.2) is 8.42 Å². The van der Waals surface area contributed by atoms with Crippen LogP contribution in [0, 0.1) is 0 Å². The molecule has 0 unspecified atom stereocenters. The maximum atomic E-state index is 12.7. The van der Waals surface area contributed by atoms with Gasteiger partial charge in [-0.05, 0) is 30.3 Å². The van der Waals surface area contributed by atoms with E-state index in [9.17, 15) is 13.2 Å². The lowest BCUT2D eigenvalue weighted by molar-refractivity contribution is -0.116. The van der Waals surface area contributed by atoms with Crippen molar-refractivity contribution in [1.82, 2.24) is 0 Å². The number of fused-ring (bicyclic) bond motifs is 2. The monoisotopic (exact) mass is 391 g/mol. The van der Waals surface area contributed by atoms with E-state index in [1.54, 1.807) is 29.2 Å². The fourth-order valence-electron chi connectivity index (χ4n) is 2.98. The molecule has 0 saturated heterocycles. The number of rotatable bonds is 3. The molecule has 26 heavy (non-hydrogen) atoms. The average Bonchev–Trinajstić information content (AvgIpc) is 2.66. The molecule has 0 bridgehead atoms. The molecule has 0 spiro atoms. The Hall–Kier alpha value is -2.19. The van der Waals surface area contributed by atoms with E-state index in [0.29, 0.717) is 30.4 Å². The van der Waals surface area contributed by atoms with E-state index in [1.807, 2.05) is 18.2 Å². The summed E-state index contributed by atoms with van der Waals surface area (Å²) in [6.07, 6.45) is 0. The van der Waals surface area contributed by atoms with E-state index in [0.717, 1.165) is 4.90 Å². The van der Waals surface area contributed by atoms with Crippen molar-refractivity contribution in [2.24, 2.45) is 0 Å². The fourth-order valence-corrected chi connectivity index (χ4v) is 5.21. The van der Waals surface area contributed by atoms with Crippen LogP contribution < -0.4 is 14.4 Å². The molecule has 2 aliphatic heterocycles. The van der Waals surface area contributed by atoms with Gasteiger partial charge in [0, 0.05) is 11.4 Å². The summed E-state index contributed by atoms with van der Waals surface area (Å²) in [5.41, 5.74) is 0.464. The van der Waals surface area contributed by atoms with E-state index in [2.05, 4.69) is 0 Å². The lowest BCUT2D eigenvalue weighted by Crippen LogP contribution is -2.40. The number of carbonyl (C=O) groups is 1. The summed E-state index contributed by atoms with van der Waals surface area (Å²) in [6.45, 7) is 1.23. The number of anilines is 1. The van der Waals surface area contributed by atoms with E-state index >= 15 is 0 Å². The zero-order valence-corrected chi connectivity index (χ0v) is 15.5. The van der Waals surface area contributed by atoms with Gasteiger partial charge in [-0.3, -0.25) is 4.79 Å². The second-order valence-electron chi connectivity index (χ2n) is 5.93. The number of amides is 1. The molecule has 2 aromatic carbocycles. The highest BCUT2D eigenvalue weighted by Crippen LogP contribution is 2.35. The van der Waals surface area contributed by atoms with E-state index in [-0.39, 0.29) is 28.9 Å². The molecular formula is C18H17NO5S2. The first-order valence-electron chi connectivity index (χ1n) is 8.19. The van der Waals surface area contributed by atoms with E-state index in [1.165, 1.54) is 11.8 Å². The Morgan fingerprint density at radius 1 is 1.08 bits per heavy atom. The van der Waals surface area contributed by atoms with Crippen LogP contribution >= 0.6 is 11.8 Å². The van der Waals surface area contributed by atoms with Crippen LogP contribution in [0.5, 0.6) is 11.5 Å². The Balaban J connectivity index is 1.49. The molecule has 0 N–H and O–H groups in total. The smallest absolute Gasteiger partial charge is 0.237 e. The molecule has 6 nitrogen and oxygen atoms in total. The molecule has 2 heterocycles. The largest absolute Gasteiger partial charge is 0.486 e. The Morgan fingerprint density at radius 2 is 1.85 bits per heavy atom. The minimum absolute atomic E-state index is 0.0511. The van der Waals surface area contributed by atoms with Crippen LogP contribution in [0.15, 0.2) is 52.3 Å². The van der Waals surface area contributed by atoms with Crippen LogP contribution in [0.3, 0.4) is 0 Å². The van der Waals surface area contributed by atoms with Crippen LogP contribution in [-0.2, 0) is 14.6 Å². The molecule has 8 heteroatoms. The Labute approximate surface area is 156 Å². The van der Waals surface area contributed by atoms with Gasteiger partial charge in [-0.2, -0.15) is 0 Å². The third-order valence-corrected chi connectivity index (χ3v) is 6.97. The maximum absolute atomic E-state index is 12.7. The highest BCUT2D eigenvalue weighted by Gasteiger charge is 2.31. The lowest BCUT2D eigenvalue weighted by Gasteiger charge is -2.29. The SMILES string of the molecule is O=C(CSc1ccc2c(c1)OCCO2)N1CCS(=O)(=O)c2ccccc21. The van der Waals surface area contributed by atoms with Crippen molar-refractivity contribution in [1.29, 1.82) is 0 Å². The highest BCUT2D eigenvalue weighted by atomic mass is 32.2. The predicted octanol–water partition coefficient (Wildman–Crippen LogP) is 2.37. The molecule has 0 aliphatic carbocycles. The number of para-hydroxylation sites is 1. The van der Waals surface area contributed by atoms with E-state index in [4.69, 9.17) is 9.47 Å². The minimum atomic E-state index is -3.32. The predicted molar refractivity (Wildman–Crippen MR) is 99.0 cm³/mol. The first-order valence-corrected chi connectivity index (χ1v) is 10.8. The Bertz CT molecular complexity index is 958. The zero-order valence-electron chi connectivity index (χ0n) is 13.9. The van der Waals surface area contributed by atoms with Crippen molar-refractivity contribution >= 4 is 33.2 Å². The van der Waals surface area contributed by atoms with Gasteiger partial charge < -0.3 is 14.4 Å². The summed E-state index contributed by atoms with van der Waals surface area (Å²) >= 11 is 1.39. The van der Waals surface area contributed by atoms with Crippen molar-refractivity contribution in [2.75, 3.05) is 36.2 Å². The normalized spacial score (nSPS) is 17.5. The molecule has 0 aromatic heterocycles. The van der Waals surface area contributed by atoms with Crippen LogP contribution in [0.4, 0.5) is 5.69 Å². The lowest BCUT2D eigenvalue weighted by atomic mass is 10.3. The van der Waals surface area contributed by atoms with Gasteiger partial charge in [0.15, 0.2) is 21.3 Å². The molecule has 0 saturated carbocycles. The van der Waals surface area contributed by atoms with Crippen LogP contribution in [-0.4, -0.2) is 45.6 Å². The van der Waals surface area contributed by atoms with Crippen molar-refractivity contribution in [3.8, 4) is 11.5 Å². The molecule has 0 atom stereocenters. The van der Waals surface area contributed by atoms with Gasteiger partial charge >= 0.3 is 0 Å². The number of sulfone groups is 1. The third-order valence-electron chi connectivity index (χ3n) is 4.25. The summed E-state index contributed by atoms with van der Waals surface area (Å²) in [7, 11) is -3.32. The number of ether oxygens (including phenoxy) is 2. The van der Waals surface area contributed by atoms with Crippen molar-refractivity contribution in [2.45, 2.75) is 9.79 Å². The van der Waals surface area contributed by atoms with Gasteiger partial charge in [0.2, 0.25) is 5.91 Å². The summed E-state index contributed by atoms with van der Waals surface area (Å²) in [5.74, 6) is 1.44. The van der Waals surface area contributed by atoms with Crippen molar-refractivity contribution in [3.63, 3.8) is 0 Å². The van der Waals surface area contributed by atoms with Crippen LogP contribution in [0.2, 0.25) is 0 Å². The molecule has 0 fully saturated rings. The van der Waals surface area contributed by atoms with E-state index < -0.39 is 9.84 Å². The second kappa shape index (κ2) is 6.85. The average molecular weight is 391 g/mol. The van der Waals surface area contributed by atoms with Gasteiger partial charge in [-0.1, -0.05) is 12.1 Å².